The second-order valence-corrected chi connectivity index (χ2v) is 9.79. The van der Waals surface area contributed by atoms with Crippen LogP contribution in [0.1, 0.15) is 41.9 Å². The van der Waals surface area contributed by atoms with Crippen LogP contribution in [0.15, 0.2) is 90.5 Å². The molecule has 1 N–H and O–H groups in total. The Hall–Kier alpha value is -3.50. The third-order valence-electron chi connectivity index (χ3n) is 8.22. The molecule has 0 bridgehead atoms. The predicted molar refractivity (Wildman–Crippen MR) is 134 cm³/mol. The van der Waals surface area contributed by atoms with E-state index in [-0.39, 0.29) is 17.6 Å². The lowest BCUT2D eigenvalue weighted by Gasteiger charge is -2.48. The van der Waals surface area contributed by atoms with Gasteiger partial charge in [0.15, 0.2) is 5.78 Å². The summed E-state index contributed by atoms with van der Waals surface area (Å²) in [5.74, 6) is -0.0424. The van der Waals surface area contributed by atoms with Crippen LogP contribution in [0, 0.1) is 5.41 Å². The number of nitrogens with zero attached hydrogens (tertiary/aromatic N) is 1. The molecule has 4 heteroatoms. The number of ketones is 1. The fourth-order valence-corrected chi connectivity index (χ4v) is 6.94. The molecule has 6 rings (SSSR count). The maximum Gasteiger partial charge on any atom is 0.250 e. The average molecular weight is 449 g/mol. The number of Topliss-reactive ketones (excluding diaryl/α,β-unsaturated/α-hetero) is 1. The Balaban J connectivity index is 1.61. The Morgan fingerprint density at radius 3 is 2.35 bits per heavy atom. The quantitative estimate of drug-likeness (QED) is 0.535. The van der Waals surface area contributed by atoms with Crippen molar-refractivity contribution in [3.8, 4) is 0 Å². The summed E-state index contributed by atoms with van der Waals surface area (Å²) in [6.45, 7) is 0.649. The van der Waals surface area contributed by atoms with Gasteiger partial charge in [-0.15, -0.1) is 0 Å². The Morgan fingerprint density at radius 1 is 0.912 bits per heavy atom. The molecule has 2 spiro atoms. The highest BCUT2D eigenvalue weighted by Crippen LogP contribution is 2.66. The number of likely N-dealkylation sites (tertiary alicyclic amines) is 1. The molecule has 1 saturated carbocycles. The number of hydrogen-bond acceptors (Lipinski definition) is 3. The number of carbonyl (C=O) groups excluding carboxylic acids is 2. The molecule has 1 amide bonds. The maximum absolute atomic E-state index is 14.7. The van der Waals surface area contributed by atoms with E-state index < -0.39 is 11.0 Å². The zero-order valence-electron chi connectivity index (χ0n) is 19.3. The van der Waals surface area contributed by atoms with E-state index in [0.29, 0.717) is 13.0 Å². The molecule has 1 aliphatic carbocycles. The van der Waals surface area contributed by atoms with Crippen molar-refractivity contribution in [2.24, 2.45) is 5.41 Å². The van der Waals surface area contributed by atoms with Gasteiger partial charge in [-0.25, -0.2) is 0 Å². The van der Waals surface area contributed by atoms with Crippen LogP contribution in [0.3, 0.4) is 0 Å². The molecule has 4 nitrogen and oxygen atoms in total. The number of likely N-dealkylation sites (N-methyl/N-ethyl adjacent to an activating group) is 1. The smallest absolute Gasteiger partial charge is 0.250 e. The largest absolute Gasteiger partial charge is 0.324 e. The Labute approximate surface area is 200 Å². The topological polar surface area (TPSA) is 49.4 Å². The summed E-state index contributed by atoms with van der Waals surface area (Å²) in [7, 11) is 2.01. The second kappa shape index (κ2) is 7.78. The van der Waals surface area contributed by atoms with Gasteiger partial charge >= 0.3 is 0 Å². The molecule has 2 fully saturated rings. The maximum atomic E-state index is 14.7. The van der Waals surface area contributed by atoms with Gasteiger partial charge in [0.2, 0.25) is 0 Å². The summed E-state index contributed by atoms with van der Waals surface area (Å²) in [6.07, 6.45) is 4.33. The Morgan fingerprint density at radius 2 is 1.59 bits per heavy atom. The Bertz CT molecular complexity index is 1300. The number of nitrogens with one attached hydrogen (secondary N) is 1. The summed E-state index contributed by atoms with van der Waals surface area (Å²) in [4.78, 5) is 30.9. The monoisotopic (exact) mass is 448 g/mol. The van der Waals surface area contributed by atoms with E-state index in [2.05, 4.69) is 22.3 Å². The summed E-state index contributed by atoms with van der Waals surface area (Å²) in [5.41, 5.74) is 2.81. The number of hydrogen-bond donors (Lipinski definition) is 1. The zero-order valence-corrected chi connectivity index (χ0v) is 19.3. The van der Waals surface area contributed by atoms with Crippen LogP contribution < -0.4 is 5.32 Å². The number of para-hydroxylation sites is 1. The normalized spacial score (nSPS) is 29.7. The van der Waals surface area contributed by atoms with Crippen molar-refractivity contribution in [2.75, 3.05) is 18.9 Å². The summed E-state index contributed by atoms with van der Waals surface area (Å²) < 4.78 is 0. The van der Waals surface area contributed by atoms with Gasteiger partial charge in [0.1, 0.15) is 5.54 Å². The molecular formula is C30H28N2O2. The van der Waals surface area contributed by atoms with Gasteiger partial charge in [-0.3, -0.25) is 14.5 Å². The van der Waals surface area contributed by atoms with Crippen LogP contribution in [-0.4, -0.2) is 30.2 Å². The van der Waals surface area contributed by atoms with Gasteiger partial charge in [-0.05, 0) is 55.2 Å². The fourth-order valence-electron chi connectivity index (χ4n) is 6.94. The fraction of sp³-hybridized carbons (Fsp3) is 0.267. The lowest BCUT2D eigenvalue weighted by atomic mass is 9.53. The van der Waals surface area contributed by atoms with Crippen LogP contribution in [0.4, 0.5) is 5.69 Å². The second-order valence-electron chi connectivity index (χ2n) is 9.79. The molecule has 3 aromatic carbocycles. The van der Waals surface area contributed by atoms with E-state index in [1.807, 2.05) is 85.9 Å². The van der Waals surface area contributed by atoms with E-state index in [0.717, 1.165) is 40.8 Å². The number of fused-ring (bicyclic) bond motifs is 3. The minimum Gasteiger partial charge on any atom is -0.324 e. The van der Waals surface area contributed by atoms with Crippen molar-refractivity contribution < 1.29 is 9.59 Å². The zero-order chi connectivity index (χ0) is 23.3. The number of rotatable bonds is 2. The number of allylic oxidation sites excluding steroid dienone is 1. The SMILES string of the molecule is CN1CC(c2ccccc2)C2(CCCC(=Cc3ccccc3)C2=O)C12C(=O)Nc1ccccc12. The standard InChI is InChI=1S/C30H28N2O2/c1-32-20-25(22-13-6-3-7-14-22)29(30(32)24-16-8-9-17-26(24)31-28(30)34)18-10-15-23(27(29)33)19-21-11-4-2-5-12-21/h2-9,11-14,16-17,19,25H,10,15,18,20H2,1H3,(H,31,34). The first-order valence-corrected chi connectivity index (χ1v) is 12.1. The van der Waals surface area contributed by atoms with Gasteiger partial charge < -0.3 is 5.32 Å². The molecule has 0 aromatic heterocycles. The molecule has 3 unspecified atom stereocenters. The van der Waals surface area contributed by atoms with Crippen molar-refractivity contribution in [1.82, 2.24) is 4.90 Å². The van der Waals surface area contributed by atoms with E-state index in [1.165, 1.54) is 0 Å². The average Bonchev–Trinajstić information content (AvgIpc) is 3.31. The van der Waals surface area contributed by atoms with E-state index in [1.54, 1.807) is 0 Å². The predicted octanol–water partition coefficient (Wildman–Crippen LogP) is 5.39. The van der Waals surface area contributed by atoms with Crippen molar-refractivity contribution in [2.45, 2.75) is 30.7 Å². The molecule has 34 heavy (non-hydrogen) atoms. The number of carbonyl (C=O) groups is 2. The highest BCUT2D eigenvalue weighted by atomic mass is 16.2. The number of anilines is 1. The van der Waals surface area contributed by atoms with Gasteiger partial charge in [-0.1, -0.05) is 78.9 Å². The van der Waals surface area contributed by atoms with Crippen molar-refractivity contribution in [1.29, 1.82) is 0 Å². The summed E-state index contributed by atoms with van der Waals surface area (Å²) in [6, 6.07) is 28.2. The minimum absolute atomic E-state index is 0.0797. The van der Waals surface area contributed by atoms with Gasteiger partial charge in [0.05, 0.1) is 5.41 Å². The van der Waals surface area contributed by atoms with Crippen LogP contribution in [0.25, 0.3) is 6.08 Å². The first-order chi connectivity index (χ1) is 16.6. The lowest BCUT2D eigenvalue weighted by Crippen LogP contribution is -2.60. The minimum atomic E-state index is -1.03. The molecule has 0 radical (unpaired) electrons. The number of amides is 1. The molecule has 3 aromatic rings. The van der Waals surface area contributed by atoms with E-state index in [9.17, 15) is 9.59 Å². The molecule has 3 atom stereocenters. The van der Waals surface area contributed by atoms with Crippen molar-refractivity contribution >= 4 is 23.5 Å². The van der Waals surface area contributed by atoms with Crippen LogP contribution >= 0.6 is 0 Å². The molecule has 170 valence electrons. The molecule has 2 heterocycles. The van der Waals surface area contributed by atoms with Gasteiger partial charge in [-0.2, -0.15) is 0 Å². The third-order valence-corrected chi connectivity index (χ3v) is 8.22. The molecule has 1 saturated heterocycles. The molecular weight excluding hydrogens is 420 g/mol. The Kier molecular flexibility index (Phi) is 4.82. The molecule has 3 aliphatic rings. The van der Waals surface area contributed by atoms with E-state index in [4.69, 9.17) is 0 Å². The lowest BCUT2D eigenvalue weighted by molar-refractivity contribution is -0.144. The van der Waals surface area contributed by atoms with Gasteiger partial charge in [0, 0.05) is 23.7 Å². The summed E-state index contributed by atoms with van der Waals surface area (Å²) >= 11 is 0. The highest BCUT2D eigenvalue weighted by Gasteiger charge is 2.73. The van der Waals surface area contributed by atoms with Crippen molar-refractivity contribution in [3.05, 3.63) is 107 Å². The van der Waals surface area contributed by atoms with Crippen molar-refractivity contribution in [3.63, 3.8) is 0 Å². The highest BCUT2D eigenvalue weighted by molar-refractivity contribution is 6.15. The van der Waals surface area contributed by atoms with Crippen LogP contribution in [0.5, 0.6) is 0 Å². The third kappa shape index (κ3) is 2.69. The molecule has 2 aliphatic heterocycles. The summed E-state index contributed by atoms with van der Waals surface area (Å²) in [5, 5.41) is 3.14. The van der Waals surface area contributed by atoms with Gasteiger partial charge in [0.25, 0.3) is 5.91 Å². The number of benzene rings is 3. The first kappa shape index (κ1) is 21.1. The van der Waals surface area contributed by atoms with E-state index >= 15 is 0 Å². The first-order valence-electron chi connectivity index (χ1n) is 12.1. The van der Waals surface area contributed by atoms with Crippen LogP contribution in [-0.2, 0) is 15.1 Å². The van der Waals surface area contributed by atoms with Crippen LogP contribution in [0.2, 0.25) is 0 Å².